The van der Waals surface area contributed by atoms with Crippen molar-refractivity contribution in [1.82, 2.24) is 9.80 Å². The van der Waals surface area contributed by atoms with E-state index >= 15 is 0 Å². The summed E-state index contributed by atoms with van der Waals surface area (Å²) in [7, 11) is 0. The first kappa shape index (κ1) is 22.8. The molecule has 2 aliphatic rings. The lowest BCUT2D eigenvalue weighted by Crippen LogP contribution is -3.14. The summed E-state index contributed by atoms with van der Waals surface area (Å²) in [6, 6.07) is 12.5. The Morgan fingerprint density at radius 2 is 1.97 bits per heavy atom. The number of halogens is 1. The van der Waals surface area contributed by atoms with Crippen LogP contribution in [0.1, 0.15) is 6.42 Å². The lowest BCUT2D eigenvalue weighted by atomic mass is 10.2. The van der Waals surface area contributed by atoms with Crippen molar-refractivity contribution in [3.63, 3.8) is 0 Å². The molecule has 1 unspecified atom stereocenters. The van der Waals surface area contributed by atoms with E-state index in [2.05, 4.69) is 27.4 Å². The van der Waals surface area contributed by atoms with Gasteiger partial charge in [0, 0.05) is 50.2 Å². The number of phenols is 1. The third-order valence-electron chi connectivity index (χ3n) is 6.65. The Labute approximate surface area is 202 Å². The topological polar surface area (TPSA) is 99.7 Å². The second-order valence-corrected chi connectivity index (χ2v) is 9.29. The highest BCUT2D eigenvalue weighted by Gasteiger charge is 2.31. The van der Waals surface area contributed by atoms with Crippen LogP contribution in [0.5, 0.6) is 5.75 Å². The van der Waals surface area contributed by atoms with Crippen molar-refractivity contribution in [3.8, 4) is 5.75 Å². The molecule has 180 valence electrons. The first-order valence-corrected chi connectivity index (χ1v) is 11.9. The molecule has 3 N–H and O–H groups in total. The van der Waals surface area contributed by atoms with E-state index in [0.29, 0.717) is 44.8 Å². The van der Waals surface area contributed by atoms with Gasteiger partial charge in [-0.25, -0.2) is 5.43 Å². The van der Waals surface area contributed by atoms with Gasteiger partial charge in [0.05, 0.1) is 30.1 Å². The van der Waals surface area contributed by atoms with E-state index < -0.39 is 0 Å². The van der Waals surface area contributed by atoms with Gasteiger partial charge >= 0.3 is 0 Å². The Morgan fingerprint density at radius 3 is 2.76 bits per heavy atom. The third kappa shape index (κ3) is 4.92. The number of phenolic OH excluding ortho intramolecular Hbond substituents is 1. The van der Waals surface area contributed by atoms with Gasteiger partial charge in [0.2, 0.25) is 5.91 Å². The van der Waals surface area contributed by atoms with Crippen molar-refractivity contribution in [3.05, 3.63) is 59.0 Å². The van der Waals surface area contributed by atoms with E-state index in [0.717, 1.165) is 29.7 Å². The maximum Gasteiger partial charge on any atom is 0.236 e. The minimum absolute atomic E-state index is 0.0231. The first-order valence-electron chi connectivity index (χ1n) is 11.5. The van der Waals surface area contributed by atoms with Crippen LogP contribution in [-0.4, -0.2) is 72.7 Å². The Morgan fingerprint density at radius 1 is 1.15 bits per heavy atom. The number of hydrogen-bond acceptors (Lipinski definition) is 7. The van der Waals surface area contributed by atoms with E-state index in [1.54, 1.807) is 12.3 Å². The van der Waals surface area contributed by atoms with Crippen LogP contribution in [0.4, 0.5) is 11.4 Å². The smallest absolute Gasteiger partial charge is 0.236 e. The Bertz CT molecular complexity index is 1160. The summed E-state index contributed by atoms with van der Waals surface area (Å²) in [5.74, 6) is 0.0846. The largest absolute Gasteiger partial charge is 0.608 e. The molecule has 0 radical (unpaired) electrons. The molecule has 0 spiro atoms. The fourth-order valence-corrected chi connectivity index (χ4v) is 4.86. The van der Waals surface area contributed by atoms with Crippen molar-refractivity contribution in [2.45, 2.75) is 12.5 Å². The maximum absolute atomic E-state index is 12.9. The van der Waals surface area contributed by atoms with Crippen LogP contribution in [-0.2, 0) is 4.79 Å². The molecular weight excluding hydrogens is 458 g/mol. The minimum Gasteiger partial charge on any atom is -0.608 e. The fourth-order valence-electron chi connectivity index (χ4n) is 4.68. The maximum atomic E-state index is 12.9. The van der Waals surface area contributed by atoms with Crippen LogP contribution in [0, 0.1) is 5.21 Å². The molecule has 34 heavy (non-hydrogen) atoms. The average Bonchev–Trinajstić information content (AvgIpc) is 3.50. The van der Waals surface area contributed by atoms with Gasteiger partial charge in [0.1, 0.15) is 17.4 Å². The van der Waals surface area contributed by atoms with Gasteiger partial charge in [-0.1, -0.05) is 11.6 Å². The lowest BCUT2D eigenvalue weighted by Gasteiger charge is -2.36. The summed E-state index contributed by atoms with van der Waals surface area (Å²) < 4.78 is 5.42. The molecule has 0 bridgehead atoms. The zero-order valence-corrected chi connectivity index (χ0v) is 19.5. The number of hydroxylamine groups is 1. The van der Waals surface area contributed by atoms with Gasteiger partial charge in [0.25, 0.3) is 0 Å². The quantitative estimate of drug-likeness (QED) is 0.362. The summed E-state index contributed by atoms with van der Waals surface area (Å²) in [5, 5.41) is 23.3. The number of nitrogens with one attached hydrogen (secondary N) is 2. The highest BCUT2D eigenvalue weighted by molar-refractivity contribution is 6.32. The number of benzene rings is 2. The van der Waals surface area contributed by atoms with Crippen molar-refractivity contribution in [1.29, 1.82) is 0 Å². The standard InChI is InChI=1S/C24H28ClN5O4/c25-21-14-18(1-3-22(21)31)26-30(33)20-5-7-27(15-20)16-24(32)29-10-8-28(9-11-29)19-2-4-23-17(13-19)6-12-34-23/h1-4,6,12-14,20,26,30-31H,5,7-11,15-16H2/t20-/m1/s1. The monoisotopic (exact) mass is 485 g/mol. The number of likely N-dealkylation sites (tertiary alicyclic amines) is 1. The first-order chi connectivity index (χ1) is 16.5. The van der Waals surface area contributed by atoms with E-state index in [1.807, 2.05) is 17.0 Å². The number of fused-ring (bicyclic) bond motifs is 1. The molecule has 9 nitrogen and oxygen atoms in total. The molecule has 2 aliphatic heterocycles. The Kier molecular flexibility index (Phi) is 6.51. The highest BCUT2D eigenvalue weighted by atomic mass is 35.5. The summed E-state index contributed by atoms with van der Waals surface area (Å²) in [5.41, 5.74) is 5.42. The average molecular weight is 486 g/mol. The van der Waals surface area contributed by atoms with Crippen LogP contribution < -0.4 is 15.5 Å². The van der Waals surface area contributed by atoms with Crippen LogP contribution in [0.25, 0.3) is 11.0 Å². The van der Waals surface area contributed by atoms with E-state index in [-0.39, 0.29) is 27.9 Å². The Balaban J connectivity index is 1.09. The number of furan rings is 1. The van der Waals surface area contributed by atoms with Crippen LogP contribution in [0.2, 0.25) is 5.02 Å². The zero-order valence-electron chi connectivity index (χ0n) is 18.7. The molecule has 1 aromatic heterocycles. The number of piperazine rings is 1. The molecule has 10 heteroatoms. The normalized spacial score (nSPS) is 20.1. The lowest BCUT2D eigenvalue weighted by molar-refractivity contribution is -0.850. The summed E-state index contributed by atoms with van der Waals surface area (Å²) >= 11 is 5.91. The van der Waals surface area contributed by atoms with Crippen LogP contribution >= 0.6 is 11.6 Å². The highest BCUT2D eigenvalue weighted by Crippen LogP contribution is 2.26. The van der Waals surface area contributed by atoms with Crippen molar-refractivity contribution < 1.29 is 19.5 Å². The summed E-state index contributed by atoms with van der Waals surface area (Å²) in [6.07, 6.45) is 2.40. The molecule has 3 aromatic rings. The summed E-state index contributed by atoms with van der Waals surface area (Å²) in [4.78, 5) is 19.1. The fraction of sp³-hybridized carbons (Fsp3) is 0.375. The number of carbonyl (C=O) groups excluding carboxylic acids is 1. The van der Waals surface area contributed by atoms with Gasteiger partial charge in [-0.05, 0) is 42.5 Å². The third-order valence-corrected chi connectivity index (χ3v) is 6.95. The molecule has 2 saturated heterocycles. The van der Waals surface area contributed by atoms with Crippen molar-refractivity contribution >= 4 is 39.9 Å². The SMILES string of the molecule is O=C(CN1CC[C@@H]([NH+]([O-])Nc2ccc(O)c(Cl)c2)C1)N1CCN(c2ccc3occc3c2)CC1. The molecule has 5 rings (SSSR count). The number of carbonyl (C=O) groups is 1. The molecule has 3 heterocycles. The minimum atomic E-state index is -0.185. The molecule has 2 aromatic carbocycles. The Hall–Kier alpha value is -2.98. The number of rotatable bonds is 6. The van der Waals surface area contributed by atoms with Crippen LogP contribution in [0.3, 0.4) is 0 Å². The number of amides is 1. The molecule has 2 fully saturated rings. The number of nitrogens with zero attached hydrogens (tertiary/aromatic N) is 3. The van der Waals surface area contributed by atoms with Crippen LogP contribution in [0.15, 0.2) is 53.1 Å². The van der Waals surface area contributed by atoms with E-state index in [1.165, 1.54) is 12.1 Å². The summed E-state index contributed by atoms with van der Waals surface area (Å²) in [6.45, 7) is 4.53. The number of aromatic hydroxyl groups is 1. The van der Waals surface area contributed by atoms with E-state index in [4.69, 9.17) is 16.0 Å². The predicted octanol–water partition coefficient (Wildman–Crippen LogP) is 1.92. The molecule has 0 saturated carbocycles. The van der Waals surface area contributed by atoms with Gasteiger partial charge in [-0.15, -0.1) is 0 Å². The van der Waals surface area contributed by atoms with Crippen molar-refractivity contribution in [2.24, 2.45) is 0 Å². The second-order valence-electron chi connectivity index (χ2n) is 8.89. The van der Waals surface area contributed by atoms with Gasteiger partial charge in [0.15, 0.2) is 0 Å². The molecule has 2 atom stereocenters. The van der Waals surface area contributed by atoms with Gasteiger partial charge in [-0.3, -0.25) is 14.9 Å². The molecule has 1 amide bonds. The number of hydrogen-bond donors (Lipinski definition) is 3. The second kappa shape index (κ2) is 9.71. The predicted molar refractivity (Wildman–Crippen MR) is 131 cm³/mol. The number of anilines is 2. The zero-order chi connectivity index (χ0) is 23.7. The van der Waals surface area contributed by atoms with E-state index in [9.17, 15) is 15.1 Å². The molecular formula is C24H28ClN5O4. The number of quaternary nitrogens is 1. The molecule has 0 aliphatic carbocycles. The van der Waals surface area contributed by atoms with Gasteiger partial charge in [-0.2, -0.15) is 0 Å². The van der Waals surface area contributed by atoms with Gasteiger partial charge < -0.3 is 24.5 Å². The van der Waals surface area contributed by atoms with Crippen molar-refractivity contribution in [2.75, 3.05) is 56.1 Å².